The van der Waals surface area contributed by atoms with Crippen molar-refractivity contribution in [3.8, 4) is 11.3 Å². The van der Waals surface area contributed by atoms with Gasteiger partial charge in [0.25, 0.3) is 0 Å². The van der Waals surface area contributed by atoms with Gasteiger partial charge in [0.1, 0.15) is 30.0 Å². The van der Waals surface area contributed by atoms with Gasteiger partial charge in [0, 0.05) is 11.5 Å². The fourth-order valence-corrected chi connectivity index (χ4v) is 5.68. The molecule has 2 fully saturated rings. The fraction of sp³-hybridized carbons (Fsp3) is 0.481. The molecule has 1 saturated carbocycles. The molecule has 3 aromatic rings. The van der Waals surface area contributed by atoms with Crippen molar-refractivity contribution in [1.29, 1.82) is 0 Å². The Kier molecular flexibility index (Phi) is 7.31. The van der Waals surface area contributed by atoms with Gasteiger partial charge in [-0.15, -0.1) is 5.10 Å². The molecule has 1 aromatic heterocycles. The van der Waals surface area contributed by atoms with Crippen molar-refractivity contribution in [2.45, 2.75) is 74.6 Å². The molecule has 204 valence electrons. The summed E-state index contributed by atoms with van der Waals surface area (Å²) in [5.41, 5.74) is 0.848. The molecule has 11 heteroatoms. The number of ether oxygens (including phenoxy) is 1. The highest BCUT2D eigenvalue weighted by Gasteiger charge is 2.50. The maximum absolute atomic E-state index is 13.8. The van der Waals surface area contributed by atoms with Gasteiger partial charge in [-0.3, -0.25) is 0 Å². The van der Waals surface area contributed by atoms with Crippen LogP contribution in [0.3, 0.4) is 0 Å². The van der Waals surface area contributed by atoms with Gasteiger partial charge in [0.15, 0.2) is 17.5 Å². The molecule has 2 aliphatic rings. The van der Waals surface area contributed by atoms with Crippen LogP contribution in [0.25, 0.3) is 11.3 Å². The fourth-order valence-electron chi connectivity index (χ4n) is 5.68. The summed E-state index contributed by atoms with van der Waals surface area (Å²) in [6.45, 7) is 1.40. The van der Waals surface area contributed by atoms with Crippen molar-refractivity contribution < 1.29 is 38.3 Å². The number of halogens is 3. The number of benzene rings is 2. The molecule has 1 aliphatic carbocycles. The van der Waals surface area contributed by atoms with Crippen molar-refractivity contribution >= 4 is 0 Å². The van der Waals surface area contributed by atoms with Crippen molar-refractivity contribution in [1.82, 2.24) is 15.0 Å². The van der Waals surface area contributed by atoms with Crippen molar-refractivity contribution in [2.24, 2.45) is 0 Å². The minimum absolute atomic E-state index is 0.00708. The molecule has 2 aromatic carbocycles. The van der Waals surface area contributed by atoms with Gasteiger partial charge in [0.2, 0.25) is 0 Å². The van der Waals surface area contributed by atoms with E-state index in [-0.39, 0.29) is 23.6 Å². The van der Waals surface area contributed by atoms with Gasteiger partial charge in [0.05, 0.1) is 24.5 Å². The van der Waals surface area contributed by atoms with E-state index in [1.165, 1.54) is 6.20 Å². The van der Waals surface area contributed by atoms with Gasteiger partial charge < -0.3 is 25.2 Å². The molecule has 0 bridgehead atoms. The van der Waals surface area contributed by atoms with E-state index in [0.717, 1.165) is 34.4 Å². The van der Waals surface area contributed by atoms with E-state index in [1.807, 2.05) is 31.2 Å². The largest absolute Gasteiger partial charge is 0.394 e. The Labute approximate surface area is 217 Å². The number of aromatic nitrogens is 3. The zero-order chi connectivity index (χ0) is 27.2. The first-order chi connectivity index (χ1) is 18.1. The summed E-state index contributed by atoms with van der Waals surface area (Å²) >= 11 is 0. The topological polar surface area (TPSA) is 121 Å². The average Bonchev–Trinajstić information content (AvgIpc) is 3.36. The van der Waals surface area contributed by atoms with Crippen LogP contribution >= 0.6 is 0 Å². The molecule has 8 nitrogen and oxygen atoms in total. The SMILES string of the molecule is Cc1ccccc1[C@@H](CC1O[C@H](CO)[C@H](O)[C@H](n2cc(-c3cc(F)c(F)c(F)c3)nn2)[C@H]1O)C1(O)CCC1. The van der Waals surface area contributed by atoms with Gasteiger partial charge in [-0.05, 0) is 55.9 Å². The summed E-state index contributed by atoms with van der Waals surface area (Å²) < 4.78 is 48.0. The number of hydrogen-bond acceptors (Lipinski definition) is 7. The maximum atomic E-state index is 13.8. The summed E-state index contributed by atoms with van der Waals surface area (Å²) in [4.78, 5) is 0. The Balaban J connectivity index is 1.46. The normalized spacial score (nSPS) is 27.6. The second kappa shape index (κ2) is 10.4. The predicted octanol–water partition coefficient (Wildman–Crippen LogP) is 2.78. The molecular formula is C27H30F3N3O5. The van der Waals surface area contributed by atoms with Gasteiger partial charge >= 0.3 is 0 Å². The number of rotatable bonds is 7. The number of aryl methyl sites for hydroxylation is 1. The quantitative estimate of drug-likeness (QED) is 0.345. The number of aliphatic hydroxyl groups excluding tert-OH is 3. The van der Waals surface area contributed by atoms with Crippen LogP contribution in [-0.4, -0.2) is 72.0 Å². The summed E-state index contributed by atoms with van der Waals surface area (Å²) in [7, 11) is 0. The Hall–Kier alpha value is -2.83. The first-order valence-electron chi connectivity index (χ1n) is 12.6. The van der Waals surface area contributed by atoms with Crippen LogP contribution in [0.1, 0.15) is 48.8 Å². The van der Waals surface area contributed by atoms with Crippen LogP contribution in [0.15, 0.2) is 42.6 Å². The summed E-state index contributed by atoms with van der Waals surface area (Å²) in [6, 6.07) is 8.09. The van der Waals surface area contributed by atoms with E-state index in [2.05, 4.69) is 10.3 Å². The van der Waals surface area contributed by atoms with E-state index < -0.39 is 60.1 Å². The van der Waals surface area contributed by atoms with Crippen LogP contribution in [0.4, 0.5) is 13.2 Å². The first kappa shape index (κ1) is 26.8. The van der Waals surface area contributed by atoms with Crippen LogP contribution in [0.5, 0.6) is 0 Å². The zero-order valence-electron chi connectivity index (χ0n) is 20.7. The smallest absolute Gasteiger partial charge is 0.194 e. The van der Waals surface area contributed by atoms with Crippen LogP contribution in [0, 0.1) is 24.4 Å². The van der Waals surface area contributed by atoms with E-state index >= 15 is 0 Å². The lowest BCUT2D eigenvalue weighted by atomic mass is 9.65. The third kappa shape index (κ3) is 4.73. The number of hydrogen-bond donors (Lipinski definition) is 4. The second-order valence-corrected chi connectivity index (χ2v) is 10.3. The first-order valence-corrected chi connectivity index (χ1v) is 12.6. The maximum Gasteiger partial charge on any atom is 0.194 e. The molecular weight excluding hydrogens is 503 g/mol. The van der Waals surface area contributed by atoms with E-state index in [0.29, 0.717) is 12.8 Å². The molecule has 2 heterocycles. The summed E-state index contributed by atoms with van der Waals surface area (Å²) in [6.07, 6.45) is -1.15. The van der Waals surface area contributed by atoms with E-state index in [1.54, 1.807) is 0 Å². The van der Waals surface area contributed by atoms with Crippen LogP contribution < -0.4 is 0 Å². The Bertz CT molecular complexity index is 1280. The molecule has 0 radical (unpaired) electrons. The summed E-state index contributed by atoms with van der Waals surface area (Å²) in [5, 5.41) is 51.5. The summed E-state index contributed by atoms with van der Waals surface area (Å²) in [5.74, 6) is -4.76. The Morgan fingerprint density at radius 2 is 1.74 bits per heavy atom. The highest BCUT2D eigenvalue weighted by Crippen LogP contribution is 2.48. The van der Waals surface area contributed by atoms with Crippen LogP contribution in [-0.2, 0) is 4.74 Å². The lowest BCUT2D eigenvalue weighted by molar-refractivity contribution is -0.212. The van der Waals surface area contributed by atoms with Gasteiger partial charge in [-0.25, -0.2) is 17.9 Å². The highest BCUT2D eigenvalue weighted by atomic mass is 19.2. The highest BCUT2D eigenvalue weighted by molar-refractivity contribution is 5.58. The Morgan fingerprint density at radius 1 is 1.08 bits per heavy atom. The van der Waals surface area contributed by atoms with Crippen LogP contribution in [0.2, 0.25) is 0 Å². The number of aliphatic hydroxyl groups is 4. The molecule has 5 rings (SSSR count). The minimum Gasteiger partial charge on any atom is -0.394 e. The molecule has 1 unspecified atom stereocenters. The molecule has 4 N–H and O–H groups in total. The average molecular weight is 534 g/mol. The van der Waals surface area contributed by atoms with E-state index in [9.17, 15) is 33.6 Å². The standard InChI is InChI=1S/C27H30F3N3O5/c1-14-5-2-3-6-16(14)17(27(37)7-4-8-27)11-21-25(35)24(26(36)22(13-34)38-21)33-12-20(31-32-33)15-9-18(28)23(30)19(29)10-15/h2-3,5-6,9-10,12,17,21-22,24-26,34-37H,4,7-8,11,13H2,1H3/t17-,21?,22-,24-,25+,26+/m1/s1. The lowest BCUT2D eigenvalue weighted by Gasteiger charge is -2.48. The monoisotopic (exact) mass is 533 g/mol. The molecule has 0 spiro atoms. The molecule has 1 aliphatic heterocycles. The number of nitrogens with zero attached hydrogens (tertiary/aromatic N) is 3. The van der Waals surface area contributed by atoms with Crippen molar-refractivity contribution in [2.75, 3.05) is 6.61 Å². The molecule has 1 saturated heterocycles. The second-order valence-electron chi connectivity index (χ2n) is 10.3. The predicted molar refractivity (Wildman–Crippen MR) is 129 cm³/mol. The molecule has 6 atom stereocenters. The van der Waals surface area contributed by atoms with E-state index in [4.69, 9.17) is 4.74 Å². The molecule has 0 amide bonds. The van der Waals surface area contributed by atoms with Crippen molar-refractivity contribution in [3.63, 3.8) is 0 Å². The minimum atomic E-state index is -1.61. The third-order valence-corrected chi connectivity index (χ3v) is 7.99. The lowest BCUT2D eigenvalue weighted by Crippen LogP contribution is -2.57. The van der Waals surface area contributed by atoms with Gasteiger partial charge in [-0.1, -0.05) is 29.5 Å². The van der Waals surface area contributed by atoms with Crippen molar-refractivity contribution in [3.05, 3.63) is 71.2 Å². The zero-order valence-corrected chi connectivity index (χ0v) is 20.7. The third-order valence-electron chi connectivity index (χ3n) is 7.99. The van der Waals surface area contributed by atoms with Gasteiger partial charge in [-0.2, -0.15) is 0 Å². The molecule has 38 heavy (non-hydrogen) atoms. The Morgan fingerprint density at radius 3 is 2.34 bits per heavy atom.